The van der Waals surface area contributed by atoms with Gasteiger partial charge in [0.05, 0.1) is 5.41 Å². The maximum Gasteiger partial charge on any atom is 0.318 e. The summed E-state index contributed by atoms with van der Waals surface area (Å²) in [6, 6.07) is 6.74. The number of rotatable bonds is 3. The van der Waals surface area contributed by atoms with Crippen LogP contribution < -0.4 is 9.47 Å². The second-order valence-corrected chi connectivity index (χ2v) is 8.12. The highest BCUT2D eigenvalue weighted by Gasteiger charge is 2.46. The third-order valence-corrected chi connectivity index (χ3v) is 5.50. The highest BCUT2D eigenvalue weighted by molar-refractivity contribution is 6.29. The van der Waals surface area contributed by atoms with Crippen molar-refractivity contribution in [1.29, 1.82) is 0 Å². The first kappa shape index (κ1) is 22.9. The molecule has 1 atom stereocenters. The third-order valence-electron chi connectivity index (χ3n) is 5.29. The molecule has 0 saturated heterocycles. The Morgan fingerprint density at radius 1 is 0.939 bits per heavy atom. The van der Waals surface area contributed by atoms with Crippen molar-refractivity contribution < 1.29 is 40.6 Å². The fourth-order valence-electron chi connectivity index (χ4n) is 3.65. The van der Waals surface area contributed by atoms with E-state index in [-0.39, 0.29) is 27.9 Å². The summed E-state index contributed by atoms with van der Waals surface area (Å²) in [5.41, 5.74) is -1.31. The molecule has 0 amide bonds. The molecule has 33 heavy (non-hydrogen) atoms. The zero-order chi connectivity index (χ0) is 24.2. The first-order valence-electron chi connectivity index (χ1n) is 9.31. The van der Waals surface area contributed by atoms with Crippen LogP contribution in [0.1, 0.15) is 30.9 Å². The van der Waals surface area contributed by atoms with Crippen molar-refractivity contribution in [3.05, 3.63) is 81.5 Å². The summed E-state index contributed by atoms with van der Waals surface area (Å²) < 4.78 is 93.3. The first-order valence-corrected chi connectivity index (χ1v) is 9.69. The maximum absolute atomic E-state index is 14.5. The number of aromatic nitrogens is 1. The Bertz CT molecular complexity index is 1280. The number of esters is 1. The predicted octanol–water partition coefficient (Wildman–Crippen LogP) is 6.44. The van der Waals surface area contributed by atoms with E-state index in [1.165, 1.54) is 38.1 Å². The standard InChI is InChI=1S/C22H12ClF6NO3/c1-22(2,21(31)33-19-16(28)14(26)13(25)15(27)17(19)29)12-8-4-3-5-10(24)18(8)32-20-9(12)6-7-11(23)30-20/h3-7,12H,1-2H3/t12-/m0/s1. The molecule has 0 fully saturated rings. The van der Waals surface area contributed by atoms with Crippen LogP contribution in [0.4, 0.5) is 26.3 Å². The molecule has 0 unspecified atom stereocenters. The molecule has 0 aliphatic carbocycles. The molecule has 1 aromatic heterocycles. The van der Waals surface area contributed by atoms with Crippen molar-refractivity contribution in [2.75, 3.05) is 0 Å². The summed E-state index contributed by atoms with van der Waals surface area (Å²) in [6.45, 7) is 2.59. The van der Waals surface area contributed by atoms with Gasteiger partial charge in [0.1, 0.15) is 5.15 Å². The normalized spacial score (nSPS) is 14.9. The number of halogens is 7. The second kappa shape index (κ2) is 7.95. The maximum atomic E-state index is 14.5. The minimum Gasteiger partial charge on any atom is -0.435 e. The van der Waals surface area contributed by atoms with Crippen molar-refractivity contribution in [3.8, 4) is 17.4 Å². The van der Waals surface area contributed by atoms with Crippen LogP contribution in [0.3, 0.4) is 0 Å². The van der Waals surface area contributed by atoms with E-state index in [2.05, 4.69) is 9.72 Å². The molecule has 1 aliphatic rings. The summed E-state index contributed by atoms with van der Waals surface area (Å²) in [5.74, 6) is -16.8. The molecular weight excluding hydrogens is 476 g/mol. The smallest absolute Gasteiger partial charge is 0.318 e. The van der Waals surface area contributed by atoms with Gasteiger partial charge in [-0.05, 0) is 32.0 Å². The van der Waals surface area contributed by atoms with E-state index in [0.29, 0.717) is 0 Å². The van der Waals surface area contributed by atoms with Gasteiger partial charge >= 0.3 is 5.97 Å². The molecule has 4 nitrogen and oxygen atoms in total. The Labute approximate surface area is 187 Å². The largest absolute Gasteiger partial charge is 0.435 e. The highest BCUT2D eigenvalue weighted by Crippen LogP contribution is 2.52. The lowest BCUT2D eigenvalue weighted by Crippen LogP contribution is -2.37. The number of hydrogen-bond acceptors (Lipinski definition) is 4. The van der Waals surface area contributed by atoms with Gasteiger partial charge in [-0.15, -0.1) is 0 Å². The average molecular weight is 488 g/mol. The number of benzene rings is 2. The van der Waals surface area contributed by atoms with E-state index in [1.807, 2.05) is 0 Å². The molecule has 172 valence electrons. The average Bonchev–Trinajstić information content (AvgIpc) is 2.77. The SMILES string of the molecule is CC(C)(C(=O)Oc1c(F)c(F)c(F)c(F)c1F)[C@@H]1c2ccc(Cl)nc2Oc2c(F)cccc21. The highest BCUT2D eigenvalue weighted by atomic mass is 35.5. The minimum absolute atomic E-state index is 0.00840. The van der Waals surface area contributed by atoms with Gasteiger partial charge < -0.3 is 9.47 Å². The Balaban J connectivity index is 1.83. The Morgan fingerprint density at radius 2 is 1.55 bits per heavy atom. The van der Waals surface area contributed by atoms with Crippen LogP contribution in [-0.2, 0) is 4.79 Å². The molecule has 0 spiro atoms. The quantitative estimate of drug-likeness (QED) is 0.107. The summed E-state index contributed by atoms with van der Waals surface area (Å²) >= 11 is 5.89. The molecule has 3 aromatic rings. The van der Waals surface area contributed by atoms with Gasteiger partial charge in [0.25, 0.3) is 0 Å². The van der Waals surface area contributed by atoms with Crippen molar-refractivity contribution in [2.24, 2.45) is 5.41 Å². The van der Waals surface area contributed by atoms with E-state index in [9.17, 15) is 31.1 Å². The van der Waals surface area contributed by atoms with Crippen LogP contribution >= 0.6 is 11.6 Å². The predicted molar refractivity (Wildman–Crippen MR) is 103 cm³/mol. The van der Waals surface area contributed by atoms with Crippen LogP contribution in [0.5, 0.6) is 17.4 Å². The van der Waals surface area contributed by atoms with E-state index in [0.717, 1.165) is 6.07 Å². The van der Waals surface area contributed by atoms with Crippen molar-refractivity contribution in [3.63, 3.8) is 0 Å². The lowest BCUT2D eigenvalue weighted by molar-refractivity contribution is -0.145. The molecule has 0 bridgehead atoms. The summed E-state index contributed by atoms with van der Waals surface area (Å²) in [7, 11) is 0. The number of carbonyl (C=O) groups excluding carboxylic acids is 1. The number of ether oxygens (including phenoxy) is 2. The van der Waals surface area contributed by atoms with E-state index in [4.69, 9.17) is 16.3 Å². The number of para-hydroxylation sites is 1. The van der Waals surface area contributed by atoms with E-state index in [1.54, 1.807) is 0 Å². The summed E-state index contributed by atoms with van der Waals surface area (Å²) in [4.78, 5) is 17.0. The number of fused-ring (bicyclic) bond motifs is 2. The zero-order valence-electron chi connectivity index (χ0n) is 16.8. The van der Waals surface area contributed by atoms with Crippen molar-refractivity contribution in [2.45, 2.75) is 19.8 Å². The molecule has 0 saturated carbocycles. The fraction of sp³-hybridized carbons (Fsp3) is 0.182. The Kier molecular flexibility index (Phi) is 5.52. The fourth-order valence-corrected chi connectivity index (χ4v) is 3.79. The number of pyridine rings is 1. The Morgan fingerprint density at radius 3 is 2.18 bits per heavy atom. The van der Waals surface area contributed by atoms with Gasteiger partial charge in [0.15, 0.2) is 11.6 Å². The minimum atomic E-state index is -2.39. The number of nitrogens with zero attached hydrogens (tertiary/aromatic N) is 1. The lowest BCUT2D eigenvalue weighted by Gasteiger charge is -2.37. The van der Waals surface area contributed by atoms with Gasteiger partial charge in [0, 0.05) is 17.0 Å². The van der Waals surface area contributed by atoms with Crippen LogP contribution in [-0.4, -0.2) is 11.0 Å². The molecule has 0 N–H and O–H groups in total. The van der Waals surface area contributed by atoms with Crippen molar-refractivity contribution >= 4 is 17.6 Å². The van der Waals surface area contributed by atoms with Gasteiger partial charge in [-0.2, -0.15) is 8.78 Å². The monoisotopic (exact) mass is 487 g/mol. The zero-order valence-corrected chi connectivity index (χ0v) is 17.5. The van der Waals surface area contributed by atoms with E-state index < -0.39 is 58.0 Å². The van der Waals surface area contributed by atoms with Crippen LogP contribution in [0, 0.1) is 40.3 Å². The molecule has 4 rings (SSSR count). The van der Waals surface area contributed by atoms with Crippen LogP contribution in [0.2, 0.25) is 5.15 Å². The summed E-state index contributed by atoms with van der Waals surface area (Å²) in [6.07, 6.45) is 0. The van der Waals surface area contributed by atoms with E-state index >= 15 is 0 Å². The Hall–Kier alpha value is -3.27. The lowest BCUT2D eigenvalue weighted by atomic mass is 9.70. The van der Waals surface area contributed by atoms with Gasteiger partial charge in [0.2, 0.25) is 40.7 Å². The topological polar surface area (TPSA) is 48.4 Å². The first-order chi connectivity index (χ1) is 15.4. The van der Waals surface area contributed by atoms with Gasteiger partial charge in [-0.3, -0.25) is 4.79 Å². The van der Waals surface area contributed by atoms with Gasteiger partial charge in [-0.1, -0.05) is 23.7 Å². The van der Waals surface area contributed by atoms with Crippen LogP contribution in [0.25, 0.3) is 0 Å². The summed E-state index contributed by atoms with van der Waals surface area (Å²) in [5, 5.41) is 0.00840. The number of hydrogen-bond donors (Lipinski definition) is 0. The third kappa shape index (κ3) is 3.58. The molecule has 2 heterocycles. The second-order valence-electron chi connectivity index (χ2n) is 7.73. The number of carbonyl (C=O) groups is 1. The molecular formula is C22H12ClF6NO3. The molecule has 2 aromatic carbocycles. The molecule has 11 heteroatoms. The van der Waals surface area contributed by atoms with Crippen LogP contribution in [0.15, 0.2) is 30.3 Å². The molecule has 0 radical (unpaired) electrons. The molecule has 1 aliphatic heterocycles. The van der Waals surface area contributed by atoms with Crippen molar-refractivity contribution in [1.82, 2.24) is 4.98 Å². The van der Waals surface area contributed by atoms with Gasteiger partial charge in [-0.25, -0.2) is 22.5 Å².